The van der Waals surface area contributed by atoms with Crippen molar-refractivity contribution in [2.45, 2.75) is 20.0 Å². The van der Waals surface area contributed by atoms with Crippen molar-refractivity contribution < 1.29 is 4.74 Å². The fourth-order valence-corrected chi connectivity index (χ4v) is 1.93. The molecule has 0 aliphatic heterocycles. The molecule has 0 spiro atoms. The first kappa shape index (κ1) is 11.6. The minimum absolute atomic E-state index is 0.112. The van der Waals surface area contributed by atoms with Gasteiger partial charge in [-0.1, -0.05) is 18.2 Å². The molecule has 0 unspecified atom stereocenters. The molecule has 96 valence electrons. The third kappa shape index (κ3) is 2.27. The zero-order valence-electron chi connectivity index (χ0n) is 10.8. The molecular formula is C14H14N4O. The normalized spacial score (nSPS) is 11.1. The summed E-state index contributed by atoms with van der Waals surface area (Å²) in [6.45, 7) is 4.00. The third-order valence-electron chi connectivity index (χ3n) is 2.70. The van der Waals surface area contributed by atoms with Crippen LogP contribution < -0.4 is 4.74 Å². The number of pyridine rings is 1. The summed E-state index contributed by atoms with van der Waals surface area (Å²) in [6.07, 6.45) is 1.58. The lowest BCUT2D eigenvalue weighted by Gasteiger charge is -2.12. The first-order valence-corrected chi connectivity index (χ1v) is 6.16. The number of hydrogen-bond donors (Lipinski definition) is 1. The Morgan fingerprint density at radius 1 is 1.16 bits per heavy atom. The molecule has 2 heterocycles. The number of hydrogen-bond acceptors (Lipinski definition) is 4. The maximum Gasteiger partial charge on any atom is 0.174 e. The fraction of sp³-hybridized carbons (Fsp3) is 0.214. The molecule has 0 aliphatic rings. The Bertz CT molecular complexity index is 692. The molecule has 2 aromatic heterocycles. The summed E-state index contributed by atoms with van der Waals surface area (Å²) in [4.78, 5) is 8.73. The quantitative estimate of drug-likeness (QED) is 0.780. The SMILES string of the molecule is CC(C)Oc1cccc2ccc(-c3ncn[nH]3)nc12. The summed E-state index contributed by atoms with van der Waals surface area (Å²) >= 11 is 0. The first-order valence-electron chi connectivity index (χ1n) is 6.16. The summed E-state index contributed by atoms with van der Waals surface area (Å²) < 4.78 is 5.79. The van der Waals surface area contributed by atoms with Gasteiger partial charge in [0, 0.05) is 5.39 Å². The van der Waals surface area contributed by atoms with Crippen LogP contribution in [0.15, 0.2) is 36.7 Å². The molecule has 0 amide bonds. The molecule has 0 radical (unpaired) electrons. The molecule has 1 aromatic carbocycles. The number of rotatable bonds is 3. The standard InChI is InChI=1S/C14H14N4O/c1-9(2)19-12-5-3-4-10-6-7-11(17-13(10)12)14-15-8-16-18-14/h3-9H,1-2H3,(H,15,16,18). The number of H-pyrrole nitrogens is 1. The highest BCUT2D eigenvalue weighted by Gasteiger charge is 2.08. The van der Waals surface area contributed by atoms with Gasteiger partial charge in [0.2, 0.25) is 0 Å². The average Bonchev–Trinajstić information content (AvgIpc) is 2.92. The molecule has 0 saturated heterocycles. The van der Waals surface area contributed by atoms with E-state index in [2.05, 4.69) is 20.2 Å². The molecule has 5 heteroatoms. The molecule has 1 N–H and O–H groups in total. The van der Waals surface area contributed by atoms with Crippen molar-refractivity contribution in [2.75, 3.05) is 0 Å². The van der Waals surface area contributed by atoms with Crippen molar-refractivity contribution in [1.29, 1.82) is 0 Å². The smallest absolute Gasteiger partial charge is 0.174 e. The number of nitrogens with zero attached hydrogens (tertiary/aromatic N) is 3. The molecule has 0 saturated carbocycles. The predicted molar refractivity (Wildman–Crippen MR) is 72.9 cm³/mol. The van der Waals surface area contributed by atoms with E-state index < -0.39 is 0 Å². The lowest BCUT2D eigenvalue weighted by atomic mass is 10.2. The van der Waals surface area contributed by atoms with Crippen molar-refractivity contribution in [1.82, 2.24) is 20.2 Å². The van der Waals surface area contributed by atoms with Gasteiger partial charge in [-0.25, -0.2) is 9.97 Å². The van der Waals surface area contributed by atoms with Crippen LogP contribution >= 0.6 is 0 Å². The van der Waals surface area contributed by atoms with Crippen molar-refractivity contribution in [3.63, 3.8) is 0 Å². The topological polar surface area (TPSA) is 63.7 Å². The highest BCUT2D eigenvalue weighted by atomic mass is 16.5. The van der Waals surface area contributed by atoms with Crippen LogP contribution in [0.3, 0.4) is 0 Å². The van der Waals surface area contributed by atoms with E-state index in [1.54, 1.807) is 0 Å². The van der Waals surface area contributed by atoms with Crippen LogP contribution in [0.25, 0.3) is 22.4 Å². The van der Waals surface area contributed by atoms with Gasteiger partial charge in [-0.05, 0) is 26.0 Å². The van der Waals surface area contributed by atoms with E-state index >= 15 is 0 Å². The van der Waals surface area contributed by atoms with E-state index in [9.17, 15) is 0 Å². The van der Waals surface area contributed by atoms with Gasteiger partial charge in [0.25, 0.3) is 0 Å². The summed E-state index contributed by atoms with van der Waals surface area (Å²) in [6, 6.07) is 9.84. The van der Waals surface area contributed by atoms with Crippen molar-refractivity contribution in [3.05, 3.63) is 36.7 Å². The lowest BCUT2D eigenvalue weighted by molar-refractivity contribution is 0.245. The Morgan fingerprint density at radius 2 is 2.05 bits per heavy atom. The van der Waals surface area contributed by atoms with Gasteiger partial charge in [-0.2, -0.15) is 5.10 Å². The molecular weight excluding hydrogens is 240 g/mol. The van der Waals surface area contributed by atoms with Gasteiger partial charge >= 0.3 is 0 Å². The van der Waals surface area contributed by atoms with Crippen LogP contribution in [0.4, 0.5) is 0 Å². The van der Waals surface area contributed by atoms with E-state index in [-0.39, 0.29) is 6.10 Å². The number of para-hydroxylation sites is 1. The van der Waals surface area contributed by atoms with Crippen LogP contribution in [0.5, 0.6) is 5.75 Å². The highest BCUT2D eigenvalue weighted by molar-refractivity contribution is 5.86. The highest BCUT2D eigenvalue weighted by Crippen LogP contribution is 2.26. The minimum atomic E-state index is 0.112. The van der Waals surface area contributed by atoms with Crippen molar-refractivity contribution >= 4 is 10.9 Å². The predicted octanol–water partition coefficient (Wildman–Crippen LogP) is 2.81. The zero-order valence-corrected chi connectivity index (χ0v) is 10.8. The van der Waals surface area contributed by atoms with Gasteiger partial charge in [0.1, 0.15) is 23.3 Å². The Morgan fingerprint density at radius 3 is 2.79 bits per heavy atom. The number of nitrogens with one attached hydrogen (secondary N) is 1. The van der Waals surface area contributed by atoms with E-state index in [1.807, 2.05) is 44.2 Å². The summed E-state index contributed by atoms with van der Waals surface area (Å²) in [5.74, 6) is 1.44. The summed E-state index contributed by atoms with van der Waals surface area (Å²) in [5, 5.41) is 7.70. The maximum atomic E-state index is 5.79. The average molecular weight is 254 g/mol. The molecule has 5 nitrogen and oxygen atoms in total. The molecule has 3 rings (SSSR count). The number of aromatic nitrogens is 4. The number of ether oxygens (including phenoxy) is 1. The largest absolute Gasteiger partial charge is 0.489 e. The zero-order chi connectivity index (χ0) is 13.2. The number of fused-ring (bicyclic) bond motifs is 1. The van der Waals surface area contributed by atoms with Gasteiger partial charge in [0.15, 0.2) is 5.82 Å². The van der Waals surface area contributed by atoms with E-state index in [1.165, 1.54) is 6.33 Å². The van der Waals surface area contributed by atoms with Crippen LogP contribution in [0, 0.1) is 0 Å². The Hall–Kier alpha value is -2.43. The second-order valence-corrected chi connectivity index (χ2v) is 4.53. The fourth-order valence-electron chi connectivity index (χ4n) is 1.93. The van der Waals surface area contributed by atoms with Crippen LogP contribution in [0.2, 0.25) is 0 Å². The number of aromatic amines is 1. The first-order chi connectivity index (χ1) is 9.24. The van der Waals surface area contributed by atoms with Crippen molar-refractivity contribution in [3.8, 4) is 17.3 Å². The van der Waals surface area contributed by atoms with Gasteiger partial charge < -0.3 is 4.74 Å². The Kier molecular flexibility index (Phi) is 2.87. The summed E-state index contributed by atoms with van der Waals surface area (Å²) in [5.41, 5.74) is 1.59. The lowest BCUT2D eigenvalue weighted by Crippen LogP contribution is -2.06. The molecule has 0 bridgehead atoms. The molecule has 0 aliphatic carbocycles. The second-order valence-electron chi connectivity index (χ2n) is 4.53. The van der Waals surface area contributed by atoms with Crippen molar-refractivity contribution in [2.24, 2.45) is 0 Å². The maximum absolute atomic E-state index is 5.79. The second kappa shape index (κ2) is 4.68. The van der Waals surface area contributed by atoms with E-state index in [0.29, 0.717) is 5.82 Å². The van der Waals surface area contributed by atoms with E-state index in [4.69, 9.17) is 4.74 Å². The monoisotopic (exact) mass is 254 g/mol. The Labute approximate surface area is 110 Å². The molecule has 3 aromatic rings. The van der Waals surface area contributed by atoms with Crippen LogP contribution in [-0.4, -0.2) is 26.3 Å². The van der Waals surface area contributed by atoms with Crippen LogP contribution in [0.1, 0.15) is 13.8 Å². The Balaban J connectivity index is 2.15. The van der Waals surface area contributed by atoms with E-state index in [0.717, 1.165) is 22.3 Å². The van der Waals surface area contributed by atoms with Gasteiger partial charge in [-0.3, -0.25) is 5.10 Å². The molecule has 0 fully saturated rings. The molecule has 19 heavy (non-hydrogen) atoms. The molecule has 0 atom stereocenters. The van der Waals surface area contributed by atoms with Gasteiger partial charge in [-0.15, -0.1) is 0 Å². The number of benzene rings is 1. The third-order valence-corrected chi connectivity index (χ3v) is 2.70. The van der Waals surface area contributed by atoms with Gasteiger partial charge in [0.05, 0.1) is 6.10 Å². The summed E-state index contributed by atoms with van der Waals surface area (Å²) in [7, 11) is 0. The minimum Gasteiger partial charge on any atom is -0.489 e. The van der Waals surface area contributed by atoms with Crippen LogP contribution in [-0.2, 0) is 0 Å².